The third-order valence-corrected chi connectivity index (χ3v) is 4.14. The van der Waals surface area contributed by atoms with Crippen molar-refractivity contribution in [2.24, 2.45) is 7.05 Å². The van der Waals surface area contributed by atoms with Crippen LogP contribution in [0.25, 0.3) is 0 Å². The van der Waals surface area contributed by atoms with Crippen molar-refractivity contribution in [2.75, 3.05) is 18.9 Å². The predicted octanol–water partition coefficient (Wildman–Crippen LogP) is 2.75. The first-order chi connectivity index (χ1) is 10.8. The second-order valence-corrected chi connectivity index (χ2v) is 5.92. The van der Waals surface area contributed by atoms with Crippen molar-refractivity contribution in [1.29, 1.82) is 0 Å². The number of benzene rings is 1. The Hall–Kier alpha value is -2.05. The number of aryl methyl sites for hydroxylation is 1. The smallest absolute Gasteiger partial charge is 0.257 e. The van der Waals surface area contributed by atoms with Gasteiger partial charge in [0.2, 0.25) is 5.91 Å². The molecule has 1 N–H and O–H groups in total. The van der Waals surface area contributed by atoms with Gasteiger partial charge < -0.3 is 10.2 Å². The fraction of sp³-hybridized carbons (Fsp3) is 0.267. The molecule has 0 fully saturated rings. The van der Waals surface area contributed by atoms with E-state index in [2.05, 4.69) is 10.4 Å². The molecule has 0 saturated carbocycles. The molecule has 0 aliphatic rings. The van der Waals surface area contributed by atoms with Gasteiger partial charge in [-0.05, 0) is 25.1 Å². The quantitative estimate of drug-likeness (QED) is 0.917. The summed E-state index contributed by atoms with van der Waals surface area (Å²) in [6.45, 7) is 1.71. The van der Waals surface area contributed by atoms with E-state index in [4.69, 9.17) is 23.2 Å². The number of nitrogens with zero attached hydrogens (tertiary/aromatic N) is 3. The average Bonchev–Trinajstić information content (AvgIpc) is 2.82. The largest absolute Gasteiger partial charge is 0.332 e. The molecule has 0 atom stereocenters. The van der Waals surface area contributed by atoms with Crippen LogP contribution in [-0.4, -0.2) is 40.1 Å². The molecule has 0 radical (unpaired) electrons. The van der Waals surface area contributed by atoms with Crippen molar-refractivity contribution in [2.45, 2.75) is 6.92 Å². The molecule has 0 aliphatic carbocycles. The molecule has 0 bridgehead atoms. The van der Waals surface area contributed by atoms with E-state index in [1.54, 1.807) is 43.9 Å². The number of hydrogen-bond donors (Lipinski definition) is 1. The van der Waals surface area contributed by atoms with Gasteiger partial charge in [-0.2, -0.15) is 5.10 Å². The highest BCUT2D eigenvalue weighted by atomic mass is 35.5. The average molecular weight is 355 g/mol. The van der Waals surface area contributed by atoms with Crippen LogP contribution in [0.3, 0.4) is 0 Å². The maximum Gasteiger partial charge on any atom is 0.257 e. The molecule has 8 heteroatoms. The molecule has 0 spiro atoms. The van der Waals surface area contributed by atoms with Gasteiger partial charge in [-0.3, -0.25) is 14.3 Å². The van der Waals surface area contributed by atoms with Gasteiger partial charge in [0.05, 0.1) is 28.4 Å². The topological polar surface area (TPSA) is 67.2 Å². The summed E-state index contributed by atoms with van der Waals surface area (Å²) in [5, 5.41) is 7.45. The molecule has 2 amide bonds. The van der Waals surface area contributed by atoms with E-state index in [0.29, 0.717) is 21.3 Å². The minimum atomic E-state index is -0.333. The Kier molecular flexibility index (Phi) is 5.28. The van der Waals surface area contributed by atoms with Crippen LogP contribution in [0.1, 0.15) is 16.1 Å². The second kappa shape index (κ2) is 7.02. The van der Waals surface area contributed by atoms with Gasteiger partial charge in [0.15, 0.2) is 0 Å². The van der Waals surface area contributed by atoms with Crippen molar-refractivity contribution < 1.29 is 9.59 Å². The lowest BCUT2D eigenvalue weighted by molar-refractivity contribution is -0.116. The van der Waals surface area contributed by atoms with Crippen LogP contribution < -0.4 is 5.32 Å². The zero-order valence-corrected chi connectivity index (χ0v) is 14.4. The molecule has 23 heavy (non-hydrogen) atoms. The van der Waals surface area contributed by atoms with Gasteiger partial charge >= 0.3 is 0 Å². The lowest BCUT2D eigenvalue weighted by atomic mass is 10.2. The highest BCUT2D eigenvalue weighted by molar-refractivity contribution is 6.42. The summed E-state index contributed by atoms with van der Waals surface area (Å²) < 4.78 is 1.61. The van der Waals surface area contributed by atoms with Crippen molar-refractivity contribution in [3.63, 3.8) is 0 Å². The number of anilines is 1. The highest BCUT2D eigenvalue weighted by Crippen LogP contribution is 2.24. The Balaban J connectivity index is 2.00. The summed E-state index contributed by atoms with van der Waals surface area (Å²) in [7, 11) is 3.31. The molecular formula is C15H16Cl2N4O2. The maximum absolute atomic E-state index is 12.3. The SMILES string of the molecule is Cc1c(C(=O)N(C)CC(=O)Nc2ccc(Cl)c(Cl)c2)cnn1C. The number of carbonyl (C=O) groups excluding carboxylic acids is 2. The van der Waals surface area contributed by atoms with E-state index in [1.807, 2.05) is 0 Å². The zero-order chi connectivity index (χ0) is 17.1. The number of likely N-dealkylation sites (N-methyl/N-ethyl adjacent to an activating group) is 1. The summed E-state index contributed by atoms with van der Waals surface area (Å²) in [4.78, 5) is 25.7. The molecule has 2 aromatic rings. The first kappa shape index (κ1) is 17.3. The molecule has 122 valence electrons. The maximum atomic E-state index is 12.3. The number of aromatic nitrogens is 2. The summed E-state index contributed by atoms with van der Waals surface area (Å²) in [5.41, 5.74) is 1.73. The lowest BCUT2D eigenvalue weighted by Crippen LogP contribution is -2.35. The van der Waals surface area contributed by atoms with Crippen LogP contribution in [-0.2, 0) is 11.8 Å². The van der Waals surface area contributed by atoms with Gasteiger partial charge in [-0.25, -0.2) is 0 Å². The van der Waals surface area contributed by atoms with Crippen molar-refractivity contribution in [3.8, 4) is 0 Å². The number of amides is 2. The standard InChI is InChI=1S/C15H16Cl2N4O2/c1-9-11(7-18-21(9)3)15(23)20(2)8-14(22)19-10-4-5-12(16)13(17)6-10/h4-7H,8H2,1-3H3,(H,19,22). The molecule has 1 aromatic heterocycles. The zero-order valence-electron chi connectivity index (χ0n) is 12.9. The number of rotatable bonds is 4. The summed E-state index contributed by atoms with van der Waals surface area (Å²) in [6, 6.07) is 4.78. The molecular weight excluding hydrogens is 339 g/mol. The molecule has 6 nitrogen and oxygen atoms in total. The van der Waals surface area contributed by atoms with Gasteiger partial charge in [0.1, 0.15) is 0 Å². The minimum Gasteiger partial charge on any atom is -0.332 e. The number of hydrogen-bond acceptors (Lipinski definition) is 3. The number of nitrogens with one attached hydrogen (secondary N) is 1. The van der Waals surface area contributed by atoms with Crippen molar-refractivity contribution in [3.05, 3.63) is 45.7 Å². The Morgan fingerprint density at radius 2 is 2.00 bits per heavy atom. The van der Waals surface area contributed by atoms with E-state index in [-0.39, 0.29) is 18.4 Å². The third kappa shape index (κ3) is 4.03. The molecule has 2 rings (SSSR count). The predicted molar refractivity (Wildman–Crippen MR) is 90.0 cm³/mol. The van der Waals surface area contributed by atoms with Crippen molar-refractivity contribution in [1.82, 2.24) is 14.7 Å². The van der Waals surface area contributed by atoms with E-state index in [0.717, 1.165) is 5.69 Å². The van der Waals surface area contributed by atoms with Gasteiger partial charge in [-0.1, -0.05) is 23.2 Å². The Labute approximate surface area is 144 Å². The number of halogens is 2. The van der Waals surface area contributed by atoms with Gasteiger partial charge in [0, 0.05) is 25.5 Å². The van der Waals surface area contributed by atoms with E-state index in [1.165, 1.54) is 11.1 Å². The molecule has 1 heterocycles. The normalized spacial score (nSPS) is 10.5. The fourth-order valence-electron chi connectivity index (χ4n) is 1.98. The lowest BCUT2D eigenvalue weighted by Gasteiger charge is -2.16. The van der Waals surface area contributed by atoms with Crippen LogP contribution in [0, 0.1) is 6.92 Å². The minimum absolute atomic E-state index is 0.0899. The van der Waals surface area contributed by atoms with Crippen LogP contribution in [0.5, 0.6) is 0 Å². The molecule has 1 aromatic carbocycles. The van der Waals surface area contributed by atoms with Gasteiger partial charge in [0.25, 0.3) is 5.91 Å². The third-order valence-electron chi connectivity index (χ3n) is 3.40. The van der Waals surface area contributed by atoms with E-state index >= 15 is 0 Å². The van der Waals surface area contributed by atoms with Crippen LogP contribution in [0.2, 0.25) is 10.0 Å². The monoisotopic (exact) mass is 354 g/mol. The summed E-state index contributed by atoms with van der Waals surface area (Å²) in [5.74, 6) is -0.597. The van der Waals surface area contributed by atoms with E-state index < -0.39 is 0 Å². The first-order valence-electron chi connectivity index (χ1n) is 6.78. The van der Waals surface area contributed by atoms with E-state index in [9.17, 15) is 9.59 Å². The fourth-order valence-corrected chi connectivity index (χ4v) is 2.27. The second-order valence-electron chi connectivity index (χ2n) is 5.11. The Bertz CT molecular complexity index is 758. The molecule has 0 aliphatic heterocycles. The molecule has 0 unspecified atom stereocenters. The summed E-state index contributed by atoms with van der Waals surface area (Å²) >= 11 is 11.7. The molecule has 0 saturated heterocycles. The van der Waals surface area contributed by atoms with Crippen LogP contribution in [0.15, 0.2) is 24.4 Å². The Morgan fingerprint density at radius 1 is 1.30 bits per heavy atom. The number of carbonyl (C=O) groups is 2. The van der Waals surface area contributed by atoms with Gasteiger partial charge in [-0.15, -0.1) is 0 Å². The summed E-state index contributed by atoms with van der Waals surface area (Å²) in [6.07, 6.45) is 1.49. The Morgan fingerprint density at radius 3 is 2.57 bits per heavy atom. The highest BCUT2D eigenvalue weighted by Gasteiger charge is 2.19. The first-order valence-corrected chi connectivity index (χ1v) is 7.54. The van der Waals surface area contributed by atoms with Crippen LogP contribution in [0.4, 0.5) is 5.69 Å². The van der Waals surface area contributed by atoms with Crippen LogP contribution >= 0.6 is 23.2 Å². The van der Waals surface area contributed by atoms with Crippen molar-refractivity contribution >= 4 is 40.7 Å².